The van der Waals surface area contributed by atoms with E-state index >= 15 is 0 Å². The Balaban J connectivity index is 5.08. The van der Waals surface area contributed by atoms with Gasteiger partial charge in [-0.2, -0.15) is 0 Å². The first kappa shape index (κ1) is 38.3. The predicted molar refractivity (Wildman–Crippen MR) is 145 cm³/mol. The van der Waals surface area contributed by atoms with E-state index in [4.69, 9.17) is 27.0 Å². The minimum atomic E-state index is -1.89. The van der Waals surface area contributed by atoms with Crippen molar-refractivity contribution in [1.29, 1.82) is 0 Å². The van der Waals surface area contributed by atoms with Crippen molar-refractivity contribution in [3.8, 4) is 0 Å². The third kappa shape index (κ3) is 14.8. The second-order valence-electron chi connectivity index (χ2n) is 9.48. The van der Waals surface area contributed by atoms with E-state index in [-0.39, 0.29) is 25.5 Å². The van der Waals surface area contributed by atoms with Crippen LogP contribution in [0.1, 0.15) is 46.0 Å². The van der Waals surface area contributed by atoms with Crippen LogP contribution in [-0.4, -0.2) is 119 Å². The maximum atomic E-state index is 12.6. The van der Waals surface area contributed by atoms with Crippen LogP contribution in [0.15, 0.2) is 0 Å². The first-order valence-electron chi connectivity index (χ1n) is 13.2. The zero-order valence-corrected chi connectivity index (χ0v) is 23.6. The van der Waals surface area contributed by atoms with Gasteiger partial charge in [-0.05, 0) is 39.2 Å². The van der Waals surface area contributed by atoms with Crippen LogP contribution < -0.4 is 38.5 Å². The molecular weight excluding hydrogens is 562 g/mol. The van der Waals surface area contributed by atoms with Gasteiger partial charge in [0.2, 0.25) is 35.4 Å². The number of carbonyl (C=O) groups excluding carboxylic acids is 7. The molecule has 0 rings (SSSR count). The van der Waals surface area contributed by atoms with Crippen molar-refractivity contribution >= 4 is 41.7 Å². The van der Waals surface area contributed by atoms with E-state index in [9.17, 15) is 43.8 Å². The molecule has 42 heavy (non-hydrogen) atoms. The van der Waals surface area contributed by atoms with Crippen molar-refractivity contribution in [1.82, 2.24) is 21.3 Å². The number of hydrogen-bond acceptors (Lipinski definition) is 12. The normalized spacial score (nSPS) is 16.0. The Morgan fingerprint density at radius 1 is 0.881 bits per heavy atom. The van der Waals surface area contributed by atoms with E-state index in [1.165, 1.54) is 6.92 Å². The monoisotopic (exact) mass is 605 g/mol. The van der Waals surface area contributed by atoms with Gasteiger partial charge in [0, 0.05) is 13.3 Å². The van der Waals surface area contributed by atoms with Crippen molar-refractivity contribution in [2.75, 3.05) is 19.8 Å². The number of hydrogen-bond donors (Lipinski definition) is 10. The molecule has 0 aromatic heterocycles. The fourth-order valence-electron chi connectivity index (χ4n) is 3.59. The van der Waals surface area contributed by atoms with Crippen LogP contribution in [0.2, 0.25) is 0 Å². The second kappa shape index (κ2) is 20.2. The molecule has 0 aromatic rings. The highest BCUT2D eigenvalue weighted by Crippen LogP contribution is 2.09. The lowest BCUT2D eigenvalue weighted by atomic mass is 10.0. The van der Waals surface area contributed by atoms with E-state index < -0.39 is 91.1 Å². The molecule has 3 unspecified atom stereocenters. The Labute approximate surface area is 242 Å². The zero-order chi connectivity index (χ0) is 32.4. The molecule has 0 aliphatic heterocycles. The van der Waals surface area contributed by atoms with Crippen LogP contribution in [0, 0.1) is 0 Å². The molecule has 0 heterocycles. The van der Waals surface area contributed by atoms with Gasteiger partial charge in [-0.15, -0.1) is 0 Å². The van der Waals surface area contributed by atoms with Crippen LogP contribution in [0.4, 0.5) is 0 Å². The average molecular weight is 606 g/mol. The number of primary amides is 2. The zero-order valence-electron chi connectivity index (χ0n) is 23.6. The number of nitrogens with one attached hydrogen (secondary N) is 4. The first-order chi connectivity index (χ1) is 19.7. The summed E-state index contributed by atoms with van der Waals surface area (Å²) in [5.41, 5.74) is 16.0. The highest BCUT2D eigenvalue weighted by Gasteiger charge is 2.35. The van der Waals surface area contributed by atoms with Crippen LogP contribution in [0.25, 0.3) is 0 Å². The van der Waals surface area contributed by atoms with Crippen molar-refractivity contribution in [3.05, 3.63) is 0 Å². The molecular formula is C24H43N7O11. The molecule has 0 saturated carbocycles. The van der Waals surface area contributed by atoms with Crippen LogP contribution in [0.3, 0.4) is 0 Å². The average Bonchev–Trinajstić information content (AvgIpc) is 2.92. The highest BCUT2D eigenvalue weighted by atomic mass is 16.5. The minimum Gasteiger partial charge on any atom is -0.394 e. The highest BCUT2D eigenvalue weighted by molar-refractivity contribution is 5.92. The summed E-state index contributed by atoms with van der Waals surface area (Å²) in [4.78, 5) is 83.4. The van der Waals surface area contributed by atoms with E-state index in [2.05, 4.69) is 21.3 Å². The summed E-state index contributed by atoms with van der Waals surface area (Å²) in [5.74, 6) is -4.79. The fraction of sp³-hybridized carbons (Fsp3) is 0.708. The summed E-state index contributed by atoms with van der Waals surface area (Å²) >= 11 is 0. The summed E-state index contributed by atoms with van der Waals surface area (Å²) in [6, 6.07) is -5.00. The summed E-state index contributed by atoms with van der Waals surface area (Å²) < 4.78 is 5.22. The Morgan fingerprint density at radius 2 is 1.48 bits per heavy atom. The Bertz CT molecular complexity index is 936. The molecule has 0 aliphatic rings. The minimum absolute atomic E-state index is 0.202. The van der Waals surface area contributed by atoms with Gasteiger partial charge in [-0.25, -0.2) is 0 Å². The third-order valence-corrected chi connectivity index (χ3v) is 5.91. The van der Waals surface area contributed by atoms with Crippen LogP contribution >= 0.6 is 0 Å². The van der Waals surface area contributed by atoms with Crippen molar-refractivity contribution < 1.29 is 53.6 Å². The molecule has 0 saturated heterocycles. The predicted octanol–water partition coefficient (Wildman–Crippen LogP) is -5.86. The van der Waals surface area contributed by atoms with Gasteiger partial charge in [0.25, 0.3) is 0 Å². The van der Waals surface area contributed by atoms with E-state index in [1.807, 2.05) is 0 Å². The number of rotatable bonds is 22. The lowest BCUT2D eigenvalue weighted by Crippen LogP contribution is -2.56. The number of unbranched alkanes of at least 4 members (excludes halogenated alkanes) is 1. The topological polar surface area (TPSA) is 316 Å². The van der Waals surface area contributed by atoms with Gasteiger partial charge >= 0.3 is 0 Å². The van der Waals surface area contributed by atoms with Gasteiger partial charge in [0.15, 0.2) is 0 Å². The van der Waals surface area contributed by atoms with Crippen molar-refractivity contribution in [2.45, 2.75) is 88.4 Å². The molecule has 0 bridgehead atoms. The number of amides is 6. The molecule has 6 amide bonds. The number of nitrogens with two attached hydrogens (primary N) is 3. The molecule has 0 fully saturated rings. The third-order valence-electron chi connectivity index (χ3n) is 5.91. The number of ether oxygens (including phenoxy) is 1. The Hall–Kier alpha value is -3.71. The standard InChI is InChI=1S/C24H43N7O11/c1-12(28-19(37)11-42-21(20(38)17(35)10-33)16(9-32)29-13(2)34)24(41)31-15(23(27)40)6-7-18(36)30-14(22(26)39)5-3-4-8-25/h9,12,14-17,20-21,33,35,38H,3-8,10-11,25H2,1-2H3,(H2,26,39)(H2,27,40)(H,28,37)(H,29,34)(H,30,36)(H,31,41)/t12?,14?,15?,16-,17+,20+,21+/m0/s1. The van der Waals surface area contributed by atoms with Gasteiger partial charge in [-0.3, -0.25) is 28.8 Å². The number of aliphatic hydroxyl groups is 3. The largest absolute Gasteiger partial charge is 0.394 e. The molecule has 0 aromatic carbocycles. The number of carbonyl (C=O) groups is 7. The molecule has 13 N–H and O–H groups in total. The molecule has 18 heteroatoms. The Kier molecular flexibility index (Phi) is 18.4. The summed E-state index contributed by atoms with van der Waals surface area (Å²) in [6.45, 7) is 0.962. The van der Waals surface area contributed by atoms with Crippen molar-refractivity contribution in [3.63, 3.8) is 0 Å². The van der Waals surface area contributed by atoms with Gasteiger partial charge in [0.1, 0.15) is 55.4 Å². The maximum absolute atomic E-state index is 12.6. The molecule has 18 nitrogen and oxygen atoms in total. The van der Waals surface area contributed by atoms with Gasteiger partial charge < -0.3 is 63.3 Å². The fourth-order valence-corrected chi connectivity index (χ4v) is 3.59. The molecule has 0 aliphatic carbocycles. The van der Waals surface area contributed by atoms with Gasteiger partial charge in [0.05, 0.1) is 6.61 Å². The first-order valence-corrected chi connectivity index (χ1v) is 13.2. The van der Waals surface area contributed by atoms with Crippen molar-refractivity contribution in [2.24, 2.45) is 17.2 Å². The van der Waals surface area contributed by atoms with Crippen LogP contribution in [0.5, 0.6) is 0 Å². The molecule has 7 atom stereocenters. The number of aldehydes is 1. The summed E-state index contributed by atoms with van der Waals surface area (Å²) in [7, 11) is 0. The maximum Gasteiger partial charge on any atom is 0.246 e. The van der Waals surface area contributed by atoms with E-state index in [0.29, 0.717) is 19.4 Å². The second-order valence-corrected chi connectivity index (χ2v) is 9.48. The van der Waals surface area contributed by atoms with Gasteiger partial charge in [-0.1, -0.05) is 0 Å². The number of aliphatic hydroxyl groups excluding tert-OH is 3. The molecule has 240 valence electrons. The lowest BCUT2D eigenvalue weighted by Gasteiger charge is -2.30. The van der Waals surface area contributed by atoms with E-state index in [0.717, 1.165) is 6.92 Å². The van der Waals surface area contributed by atoms with Crippen LogP contribution in [-0.2, 0) is 38.3 Å². The SMILES string of the molecule is CC(=O)N[C@@H](C=O)[C@@H](OCC(=O)NC(C)C(=O)NC(CCC(=O)NC(CCCCN)C(N)=O)C(N)=O)[C@H](O)[C@H](O)CO. The quantitative estimate of drug-likeness (QED) is 0.0407. The molecule has 0 radical (unpaired) electrons. The summed E-state index contributed by atoms with van der Waals surface area (Å²) in [6.07, 6.45) is -4.17. The lowest BCUT2D eigenvalue weighted by molar-refractivity contribution is -0.146. The smallest absolute Gasteiger partial charge is 0.246 e. The Morgan fingerprint density at radius 3 is 1.98 bits per heavy atom. The molecule has 0 spiro atoms. The summed E-state index contributed by atoms with van der Waals surface area (Å²) in [5, 5.41) is 38.2. The van der Waals surface area contributed by atoms with E-state index in [1.54, 1.807) is 0 Å².